The summed E-state index contributed by atoms with van der Waals surface area (Å²) in [6, 6.07) is 0. The zero-order chi connectivity index (χ0) is 21.6. The van der Waals surface area contributed by atoms with Crippen LogP contribution in [-0.4, -0.2) is 44.7 Å². The van der Waals surface area contributed by atoms with Crippen LogP contribution in [0.15, 0.2) is 0 Å². The number of carbonyl (C=O) groups excluding carboxylic acids is 1. The molecule has 0 amide bonds. The minimum Gasteiger partial charge on any atom is -1.00 e. The number of hydrogen-bond donors (Lipinski definition) is 0. The van der Waals surface area contributed by atoms with Crippen molar-refractivity contribution in [3.8, 4) is 0 Å². The second-order valence-corrected chi connectivity index (χ2v) is 9.72. The van der Waals surface area contributed by atoms with E-state index in [1.807, 2.05) is 0 Å². The third-order valence-electron chi connectivity index (χ3n) is 6.24. The molecule has 182 valence electrons. The number of halogens is 1. The maximum absolute atomic E-state index is 11.0. The van der Waals surface area contributed by atoms with E-state index in [9.17, 15) is 4.79 Å². The van der Waals surface area contributed by atoms with Gasteiger partial charge in [0.05, 0.1) is 34.3 Å². The molecule has 0 aromatic rings. The third-order valence-corrected chi connectivity index (χ3v) is 6.24. The summed E-state index contributed by atoms with van der Waals surface area (Å²) in [6.07, 6.45) is 25.1. The molecule has 0 aromatic heterocycles. The van der Waals surface area contributed by atoms with E-state index in [0.717, 1.165) is 12.8 Å². The maximum Gasteiger partial charge on any atom is 0.305 e. The summed E-state index contributed by atoms with van der Waals surface area (Å²) < 4.78 is 5.87. The lowest BCUT2D eigenvalue weighted by atomic mass is 10.1. The molecule has 30 heavy (non-hydrogen) atoms. The smallest absolute Gasteiger partial charge is 0.305 e. The standard InChI is InChI=1S/C26H54NO2.BrH/c1-5-6-7-8-9-10-12-15-18-21-24-27(2,3)25-22-19-16-13-11-14-17-20-23-26(28)29-4;/h5-25H2,1-4H3;1H/q+1;/p-1. The number of ether oxygens (including phenoxy) is 1. The molecule has 0 fully saturated rings. The zero-order valence-corrected chi connectivity index (χ0v) is 22.6. The molecule has 4 heteroatoms. The average molecular weight is 493 g/mol. The lowest BCUT2D eigenvalue weighted by molar-refractivity contribution is -0.890. The van der Waals surface area contributed by atoms with E-state index in [2.05, 4.69) is 25.8 Å². The highest BCUT2D eigenvalue weighted by Crippen LogP contribution is 2.14. The van der Waals surface area contributed by atoms with E-state index in [-0.39, 0.29) is 23.0 Å². The molecule has 0 radical (unpaired) electrons. The molecule has 3 nitrogen and oxygen atoms in total. The van der Waals surface area contributed by atoms with Crippen molar-refractivity contribution < 1.29 is 31.0 Å². The summed E-state index contributed by atoms with van der Waals surface area (Å²) in [4.78, 5) is 11.0. The largest absolute Gasteiger partial charge is 1.00 e. The molecular formula is C26H54BrNO2. The Bertz CT molecular complexity index is 361. The molecule has 0 heterocycles. The summed E-state index contributed by atoms with van der Waals surface area (Å²) >= 11 is 0. The van der Waals surface area contributed by atoms with E-state index in [1.165, 1.54) is 127 Å². The molecule has 0 rings (SSSR count). The predicted molar refractivity (Wildman–Crippen MR) is 127 cm³/mol. The SMILES string of the molecule is CCCCCCCCCCCC[N+](C)(C)CCCCCCCCCCC(=O)OC.[Br-]. The number of quaternary nitrogens is 1. The number of nitrogens with zero attached hydrogens (tertiary/aromatic N) is 1. The van der Waals surface area contributed by atoms with E-state index < -0.39 is 0 Å². The number of carbonyl (C=O) groups is 1. The molecule has 0 spiro atoms. The number of esters is 1. The van der Waals surface area contributed by atoms with Gasteiger partial charge in [0.15, 0.2) is 0 Å². The van der Waals surface area contributed by atoms with Crippen molar-refractivity contribution in [2.75, 3.05) is 34.3 Å². The van der Waals surface area contributed by atoms with Crippen LogP contribution in [0.1, 0.15) is 129 Å². The second kappa shape index (κ2) is 23.6. The molecule has 0 bridgehead atoms. The van der Waals surface area contributed by atoms with Crippen LogP contribution in [0, 0.1) is 0 Å². The molecular weight excluding hydrogens is 438 g/mol. The summed E-state index contributed by atoms with van der Waals surface area (Å²) in [7, 11) is 6.30. The van der Waals surface area contributed by atoms with Gasteiger partial charge < -0.3 is 26.2 Å². The average Bonchev–Trinajstić information content (AvgIpc) is 2.70. The molecule has 0 aromatic carbocycles. The van der Waals surface area contributed by atoms with Crippen molar-refractivity contribution >= 4 is 5.97 Å². The van der Waals surface area contributed by atoms with E-state index in [0.29, 0.717) is 6.42 Å². The van der Waals surface area contributed by atoms with Crippen LogP contribution in [0.25, 0.3) is 0 Å². The van der Waals surface area contributed by atoms with Crippen LogP contribution in [0.3, 0.4) is 0 Å². The Balaban J connectivity index is 0. The fourth-order valence-corrected chi connectivity index (χ4v) is 4.11. The van der Waals surface area contributed by atoms with Crippen LogP contribution in [0.4, 0.5) is 0 Å². The lowest BCUT2D eigenvalue weighted by Gasteiger charge is -2.30. The molecule has 0 aliphatic rings. The highest BCUT2D eigenvalue weighted by atomic mass is 79.9. The number of rotatable bonds is 22. The van der Waals surface area contributed by atoms with Crippen LogP contribution >= 0.6 is 0 Å². The Morgan fingerprint density at radius 1 is 0.600 bits per heavy atom. The number of hydrogen-bond acceptors (Lipinski definition) is 2. The Kier molecular flexibility index (Phi) is 25.2. The molecule has 0 atom stereocenters. The summed E-state index contributed by atoms with van der Waals surface area (Å²) in [5, 5.41) is 0. The van der Waals surface area contributed by atoms with Gasteiger partial charge in [-0.1, -0.05) is 90.4 Å². The van der Waals surface area contributed by atoms with Gasteiger partial charge in [0.25, 0.3) is 0 Å². The molecule has 0 saturated carbocycles. The van der Waals surface area contributed by atoms with Crippen molar-refractivity contribution in [3.63, 3.8) is 0 Å². The predicted octanol–water partition coefficient (Wildman–Crippen LogP) is 4.67. The minimum atomic E-state index is -0.0662. The van der Waals surface area contributed by atoms with Crippen LogP contribution in [0.2, 0.25) is 0 Å². The van der Waals surface area contributed by atoms with Gasteiger partial charge in [0.2, 0.25) is 0 Å². The zero-order valence-electron chi connectivity index (χ0n) is 21.0. The van der Waals surface area contributed by atoms with Crippen LogP contribution in [0.5, 0.6) is 0 Å². The third kappa shape index (κ3) is 24.2. The lowest BCUT2D eigenvalue weighted by Crippen LogP contribution is -3.00. The second-order valence-electron chi connectivity index (χ2n) is 9.72. The van der Waals surface area contributed by atoms with E-state index in [4.69, 9.17) is 0 Å². The quantitative estimate of drug-likeness (QED) is 0.125. The summed E-state index contributed by atoms with van der Waals surface area (Å²) in [6.45, 7) is 4.97. The van der Waals surface area contributed by atoms with Crippen molar-refractivity contribution in [1.29, 1.82) is 0 Å². The highest BCUT2D eigenvalue weighted by Gasteiger charge is 2.13. The normalized spacial score (nSPS) is 11.3. The van der Waals surface area contributed by atoms with Gasteiger partial charge in [-0.3, -0.25) is 4.79 Å². The van der Waals surface area contributed by atoms with Crippen molar-refractivity contribution in [2.24, 2.45) is 0 Å². The Morgan fingerprint density at radius 2 is 0.933 bits per heavy atom. The van der Waals surface area contributed by atoms with Crippen molar-refractivity contribution in [1.82, 2.24) is 0 Å². The highest BCUT2D eigenvalue weighted by molar-refractivity contribution is 5.68. The number of methoxy groups -OCH3 is 1. The Hall–Kier alpha value is -0.0900. The van der Waals surface area contributed by atoms with Gasteiger partial charge >= 0.3 is 5.97 Å². The first-order valence-corrected chi connectivity index (χ1v) is 12.9. The maximum atomic E-state index is 11.0. The molecule has 0 unspecified atom stereocenters. The first-order chi connectivity index (χ1) is 14.0. The van der Waals surface area contributed by atoms with E-state index >= 15 is 0 Å². The fourth-order valence-electron chi connectivity index (χ4n) is 4.11. The topological polar surface area (TPSA) is 26.3 Å². The molecule has 0 aliphatic heterocycles. The summed E-state index contributed by atoms with van der Waals surface area (Å²) in [5.74, 6) is -0.0662. The minimum absolute atomic E-state index is 0. The first kappa shape index (κ1) is 32.1. The first-order valence-electron chi connectivity index (χ1n) is 12.9. The van der Waals surface area contributed by atoms with Crippen LogP contribution in [-0.2, 0) is 9.53 Å². The van der Waals surface area contributed by atoms with E-state index in [1.54, 1.807) is 0 Å². The monoisotopic (exact) mass is 491 g/mol. The van der Waals surface area contributed by atoms with Crippen molar-refractivity contribution in [2.45, 2.75) is 129 Å². The molecule has 0 aliphatic carbocycles. The van der Waals surface area contributed by atoms with Gasteiger partial charge in [-0.15, -0.1) is 0 Å². The summed E-state index contributed by atoms with van der Waals surface area (Å²) in [5.41, 5.74) is 0. The van der Waals surface area contributed by atoms with Gasteiger partial charge in [-0.25, -0.2) is 0 Å². The Labute approximate surface area is 200 Å². The molecule has 0 saturated heterocycles. The molecule has 0 N–H and O–H groups in total. The Morgan fingerprint density at radius 3 is 1.30 bits per heavy atom. The van der Waals surface area contributed by atoms with Crippen LogP contribution < -0.4 is 17.0 Å². The van der Waals surface area contributed by atoms with Gasteiger partial charge in [0, 0.05) is 6.42 Å². The van der Waals surface area contributed by atoms with Gasteiger partial charge in [-0.05, 0) is 32.1 Å². The van der Waals surface area contributed by atoms with Crippen molar-refractivity contribution in [3.05, 3.63) is 0 Å². The fraction of sp³-hybridized carbons (Fsp3) is 0.962. The number of unbranched alkanes of at least 4 members (excludes halogenated alkanes) is 16. The van der Waals surface area contributed by atoms with Gasteiger partial charge in [0.1, 0.15) is 0 Å². The van der Waals surface area contributed by atoms with Gasteiger partial charge in [-0.2, -0.15) is 0 Å².